The summed E-state index contributed by atoms with van der Waals surface area (Å²) in [5.74, 6) is 0.603. The summed E-state index contributed by atoms with van der Waals surface area (Å²) in [5.41, 5.74) is 1.29. The molecule has 3 heterocycles. The third-order valence-electron chi connectivity index (χ3n) is 4.65. The molecule has 4 rings (SSSR count). The highest BCUT2D eigenvalue weighted by Crippen LogP contribution is 2.35. The second-order valence-corrected chi connectivity index (χ2v) is 6.01. The highest BCUT2D eigenvalue weighted by Gasteiger charge is 2.43. The van der Waals surface area contributed by atoms with E-state index in [1.165, 1.54) is 12.0 Å². The van der Waals surface area contributed by atoms with Crippen molar-refractivity contribution in [2.75, 3.05) is 13.2 Å². The van der Waals surface area contributed by atoms with Crippen molar-refractivity contribution in [3.05, 3.63) is 35.9 Å². The van der Waals surface area contributed by atoms with Gasteiger partial charge in [-0.25, -0.2) is 0 Å². The number of fused-ring (bicyclic) bond motifs is 3. The number of hydrogen-bond acceptors (Lipinski definition) is 4. The standard InChI is InChI=1S/C17H24N2O2/c1-2-21-17(20)15-10-14-8-9-19(15)16(11-14)18-12-13-6-4-3-5-7-13/h3-7,14-16,18H,2,8-12H2,1H3. The fourth-order valence-corrected chi connectivity index (χ4v) is 3.60. The average molecular weight is 288 g/mol. The van der Waals surface area contributed by atoms with Crippen molar-refractivity contribution in [2.24, 2.45) is 5.92 Å². The fraction of sp³-hybridized carbons (Fsp3) is 0.588. The van der Waals surface area contributed by atoms with Crippen LogP contribution in [-0.4, -0.2) is 36.2 Å². The number of piperidine rings is 3. The van der Waals surface area contributed by atoms with Gasteiger partial charge in [0.15, 0.2) is 0 Å². The van der Waals surface area contributed by atoms with Crippen molar-refractivity contribution in [3.8, 4) is 0 Å². The van der Waals surface area contributed by atoms with E-state index in [0.29, 0.717) is 18.7 Å². The van der Waals surface area contributed by atoms with Crippen LogP contribution in [0.3, 0.4) is 0 Å². The quantitative estimate of drug-likeness (QED) is 0.843. The Balaban J connectivity index is 1.62. The maximum Gasteiger partial charge on any atom is 0.323 e. The minimum atomic E-state index is -0.0503. The van der Waals surface area contributed by atoms with E-state index >= 15 is 0 Å². The second kappa shape index (κ2) is 6.58. The summed E-state index contributed by atoms with van der Waals surface area (Å²) in [6, 6.07) is 10.4. The predicted molar refractivity (Wildman–Crippen MR) is 81.5 cm³/mol. The number of ether oxygens (including phenoxy) is 1. The number of esters is 1. The number of hydrogen-bond donors (Lipinski definition) is 1. The molecule has 114 valence electrons. The van der Waals surface area contributed by atoms with Crippen LogP contribution in [0, 0.1) is 5.92 Å². The van der Waals surface area contributed by atoms with Crippen LogP contribution < -0.4 is 5.32 Å². The molecule has 0 radical (unpaired) electrons. The minimum Gasteiger partial charge on any atom is -0.465 e. The molecule has 4 unspecified atom stereocenters. The summed E-state index contributed by atoms with van der Waals surface area (Å²) in [5, 5.41) is 3.61. The van der Waals surface area contributed by atoms with Crippen LogP contribution in [0.4, 0.5) is 0 Å². The zero-order chi connectivity index (χ0) is 14.7. The molecule has 1 N–H and O–H groups in total. The van der Waals surface area contributed by atoms with Crippen molar-refractivity contribution in [2.45, 2.75) is 44.9 Å². The molecule has 3 aliphatic heterocycles. The summed E-state index contributed by atoms with van der Waals surface area (Å²) >= 11 is 0. The molecule has 3 aliphatic rings. The molecule has 1 aromatic rings. The number of nitrogens with zero attached hydrogens (tertiary/aromatic N) is 1. The van der Waals surface area contributed by atoms with E-state index in [-0.39, 0.29) is 12.0 Å². The molecule has 3 fully saturated rings. The van der Waals surface area contributed by atoms with Crippen LogP contribution in [-0.2, 0) is 16.1 Å². The molecular formula is C17H24N2O2. The van der Waals surface area contributed by atoms with Gasteiger partial charge >= 0.3 is 5.97 Å². The fourth-order valence-electron chi connectivity index (χ4n) is 3.60. The van der Waals surface area contributed by atoms with E-state index in [1.807, 2.05) is 13.0 Å². The first-order valence-electron chi connectivity index (χ1n) is 7.97. The van der Waals surface area contributed by atoms with Crippen LogP contribution in [0.1, 0.15) is 31.7 Å². The van der Waals surface area contributed by atoms with Crippen LogP contribution in [0.25, 0.3) is 0 Å². The molecule has 0 saturated carbocycles. The van der Waals surface area contributed by atoms with Crippen molar-refractivity contribution < 1.29 is 9.53 Å². The summed E-state index contributed by atoms with van der Waals surface area (Å²) in [7, 11) is 0. The molecule has 21 heavy (non-hydrogen) atoms. The Morgan fingerprint density at radius 3 is 2.86 bits per heavy atom. The first-order valence-corrected chi connectivity index (χ1v) is 7.97. The molecule has 3 saturated heterocycles. The predicted octanol–water partition coefficient (Wildman–Crippen LogP) is 2.15. The monoisotopic (exact) mass is 288 g/mol. The topological polar surface area (TPSA) is 41.6 Å². The van der Waals surface area contributed by atoms with Gasteiger partial charge in [-0.3, -0.25) is 15.0 Å². The molecule has 4 nitrogen and oxygen atoms in total. The lowest BCUT2D eigenvalue weighted by molar-refractivity contribution is -0.157. The van der Waals surface area contributed by atoms with Gasteiger partial charge in [-0.05, 0) is 37.7 Å². The van der Waals surface area contributed by atoms with Crippen LogP contribution >= 0.6 is 0 Å². The van der Waals surface area contributed by atoms with E-state index in [1.54, 1.807) is 0 Å². The lowest BCUT2D eigenvalue weighted by Gasteiger charge is -2.49. The highest BCUT2D eigenvalue weighted by atomic mass is 16.5. The van der Waals surface area contributed by atoms with E-state index < -0.39 is 0 Å². The van der Waals surface area contributed by atoms with Gasteiger partial charge in [0.1, 0.15) is 6.04 Å². The third-order valence-corrected chi connectivity index (χ3v) is 4.65. The maximum atomic E-state index is 12.1. The van der Waals surface area contributed by atoms with Gasteiger partial charge in [-0.1, -0.05) is 30.3 Å². The van der Waals surface area contributed by atoms with E-state index in [0.717, 1.165) is 25.9 Å². The number of benzene rings is 1. The van der Waals surface area contributed by atoms with Gasteiger partial charge in [0.2, 0.25) is 0 Å². The molecule has 0 spiro atoms. The Kier molecular flexibility index (Phi) is 4.56. The molecule has 4 atom stereocenters. The summed E-state index contributed by atoms with van der Waals surface area (Å²) < 4.78 is 5.24. The van der Waals surface area contributed by atoms with Crippen molar-refractivity contribution >= 4 is 5.97 Å². The van der Waals surface area contributed by atoms with Gasteiger partial charge in [-0.2, -0.15) is 0 Å². The average Bonchev–Trinajstić information content (AvgIpc) is 2.54. The van der Waals surface area contributed by atoms with Crippen LogP contribution in [0.5, 0.6) is 0 Å². The van der Waals surface area contributed by atoms with E-state index in [2.05, 4.69) is 34.5 Å². The summed E-state index contributed by atoms with van der Waals surface area (Å²) in [4.78, 5) is 14.4. The first-order chi connectivity index (χ1) is 10.3. The van der Waals surface area contributed by atoms with Gasteiger partial charge in [0.25, 0.3) is 0 Å². The SMILES string of the molecule is CCOC(=O)C1CC2CCN1C(NCc1ccccc1)C2. The lowest BCUT2D eigenvalue weighted by Crippen LogP contribution is -2.62. The van der Waals surface area contributed by atoms with E-state index in [4.69, 9.17) is 4.74 Å². The normalized spacial score (nSPS) is 31.1. The first kappa shape index (κ1) is 14.5. The third kappa shape index (κ3) is 3.27. The number of nitrogens with one attached hydrogen (secondary N) is 1. The number of rotatable bonds is 5. The summed E-state index contributed by atoms with van der Waals surface area (Å²) in [6.45, 7) is 4.19. The van der Waals surface area contributed by atoms with Crippen molar-refractivity contribution in [1.29, 1.82) is 0 Å². The van der Waals surface area contributed by atoms with Crippen molar-refractivity contribution in [3.63, 3.8) is 0 Å². The molecule has 2 bridgehead atoms. The zero-order valence-corrected chi connectivity index (χ0v) is 12.6. The Bertz CT molecular complexity index is 477. The van der Waals surface area contributed by atoms with Crippen molar-refractivity contribution in [1.82, 2.24) is 10.2 Å². The zero-order valence-electron chi connectivity index (χ0n) is 12.6. The molecule has 4 heteroatoms. The maximum absolute atomic E-state index is 12.1. The molecule has 0 aliphatic carbocycles. The molecular weight excluding hydrogens is 264 g/mol. The Hall–Kier alpha value is -1.39. The van der Waals surface area contributed by atoms with Gasteiger partial charge in [0.05, 0.1) is 12.8 Å². The minimum absolute atomic E-state index is 0.0478. The van der Waals surface area contributed by atoms with Crippen LogP contribution in [0.15, 0.2) is 30.3 Å². The molecule has 0 amide bonds. The van der Waals surface area contributed by atoms with Gasteiger partial charge < -0.3 is 4.74 Å². The molecule has 1 aromatic carbocycles. The van der Waals surface area contributed by atoms with Gasteiger partial charge in [0, 0.05) is 13.1 Å². The summed E-state index contributed by atoms with van der Waals surface area (Å²) in [6.07, 6.45) is 3.61. The Morgan fingerprint density at radius 2 is 2.14 bits per heavy atom. The lowest BCUT2D eigenvalue weighted by atomic mass is 9.81. The largest absolute Gasteiger partial charge is 0.465 e. The highest BCUT2D eigenvalue weighted by molar-refractivity contribution is 5.76. The van der Waals surface area contributed by atoms with Gasteiger partial charge in [-0.15, -0.1) is 0 Å². The smallest absolute Gasteiger partial charge is 0.323 e. The number of carbonyl (C=O) groups is 1. The second-order valence-electron chi connectivity index (χ2n) is 6.01. The Morgan fingerprint density at radius 1 is 1.33 bits per heavy atom. The van der Waals surface area contributed by atoms with E-state index in [9.17, 15) is 4.79 Å². The van der Waals surface area contributed by atoms with Crippen LogP contribution in [0.2, 0.25) is 0 Å². The molecule has 0 aromatic heterocycles. The Labute approximate surface area is 126 Å². The number of carbonyl (C=O) groups excluding carboxylic acids is 1.